The fraction of sp³-hybridized carbons (Fsp3) is 0.273. The van der Waals surface area contributed by atoms with E-state index in [1.54, 1.807) is 5.57 Å². The Labute approximate surface area is 81.4 Å². The van der Waals surface area contributed by atoms with Crippen molar-refractivity contribution >= 4 is 22.0 Å². The van der Waals surface area contributed by atoms with E-state index >= 15 is 0 Å². The average molecular weight is 223 g/mol. The van der Waals surface area contributed by atoms with Gasteiger partial charge >= 0.3 is 0 Å². The minimum absolute atomic E-state index is 0.810. The van der Waals surface area contributed by atoms with Crippen LogP contribution in [0.5, 0.6) is 0 Å². The van der Waals surface area contributed by atoms with E-state index < -0.39 is 0 Å². The molecule has 1 heteroatoms. The van der Waals surface area contributed by atoms with Crippen molar-refractivity contribution in [2.24, 2.45) is 5.92 Å². The second-order valence-electron chi connectivity index (χ2n) is 3.19. The van der Waals surface area contributed by atoms with Crippen molar-refractivity contribution in [1.82, 2.24) is 0 Å². The summed E-state index contributed by atoms with van der Waals surface area (Å²) in [6, 6.07) is 10.5. The van der Waals surface area contributed by atoms with E-state index in [0.717, 1.165) is 11.2 Å². The van der Waals surface area contributed by atoms with Crippen LogP contribution in [0.3, 0.4) is 0 Å². The SMILES string of the molecule is BrCC1C/C1=C\c1ccccc1. The van der Waals surface area contributed by atoms with Crippen LogP contribution >= 0.6 is 15.9 Å². The zero-order chi connectivity index (χ0) is 8.39. The summed E-state index contributed by atoms with van der Waals surface area (Å²) in [5.74, 6) is 0.810. The third-order valence-corrected chi connectivity index (χ3v) is 2.97. The standard InChI is InChI=1S/C11H11Br/c12-8-11-7-10(11)6-9-4-2-1-3-5-9/h1-6,11H,7-8H2/b10-6+. The fourth-order valence-electron chi connectivity index (χ4n) is 1.32. The van der Waals surface area contributed by atoms with Crippen LogP contribution in [0.1, 0.15) is 12.0 Å². The Hall–Kier alpha value is -0.560. The van der Waals surface area contributed by atoms with Crippen molar-refractivity contribution in [2.45, 2.75) is 6.42 Å². The lowest BCUT2D eigenvalue weighted by atomic mass is 10.2. The van der Waals surface area contributed by atoms with Gasteiger partial charge in [0.25, 0.3) is 0 Å². The molecule has 12 heavy (non-hydrogen) atoms. The summed E-state index contributed by atoms with van der Waals surface area (Å²) in [6.45, 7) is 0. The van der Waals surface area contributed by atoms with E-state index in [4.69, 9.17) is 0 Å². The van der Waals surface area contributed by atoms with E-state index in [0.29, 0.717) is 0 Å². The van der Waals surface area contributed by atoms with Gasteiger partial charge in [-0.1, -0.05) is 57.9 Å². The van der Waals surface area contributed by atoms with Gasteiger partial charge in [0.1, 0.15) is 0 Å². The van der Waals surface area contributed by atoms with Crippen LogP contribution in [-0.2, 0) is 0 Å². The molecular weight excluding hydrogens is 212 g/mol. The van der Waals surface area contributed by atoms with Gasteiger partial charge in [0.15, 0.2) is 0 Å². The molecule has 0 aliphatic heterocycles. The van der Waals surface area contributed by atoms with Gasteiger partial charge in [-0.2, -0.15) is 0 Å². The maximum Gasteiger partial charge on any atom is 0.0100 e. The predicted molar refractivity (Wildman–Crippen MR) is 56.3 cm³/mol. The second kappa shape index (κ2) is 3.44. The monoisotopic (exact) mass is 222 g/mol. The third-order valence-electron chi connectivity index (χ3n) is 2.18. The fourth-order valence-corrected chi connectivity index (χ4v) is 1.96. The van der Waals surface area contributed by atoms with E-state index in [-0.39, 0.29) is 0 Å². The van der Waals surface area contributed by atoms with Crippen LogP contribution in [0, 0.1) is 5.92 Å². The lowest BCUT2D eigenvalue weighted by Gasteiger charge is -1.89. The third kappa shape index (κ3) is 1.78. The van der Waals surface area contributed by atoms with E-state index in [2.05, 4.69) is 52.3 Å². The lowest BCUT2D eigenvalue weighted by molar-refractivity contribution is 1.05. The minimum Gasteiger partial charge on any atom is -0.0921 e. The summed E-state index contributed by atoms with van der Waals surface area (Å²) in [4.78, 5) is 0. The molecule has 0 nitrogen and oxygen atoms in total. The number of halogens is 1. The van der Waals surface area contributed by atoms with Crippen LogP contribution in [0.15, 0.2) is 35.9 Å². The van der Waals surface area contributed by atoms with Crippen LogP contribution in [0.2, 0.25) is 0 Å². The van der Waals surface area contributed by atoms with E-state index in [1.165, 1.54) is 12.0 Å². The first-order valence-electron chi connectivity index (χ1n) is 4.21. The molecule has 0 bridgehead atoms. The molecule has 0 amide bonds. The molecule has 1 aromatic rings. The molecule has 1 aliphatic carbocycles. The van der Waals surface area contributed by atoms with Crippen LogP contribution < -0.4 is 0 Å². The molecule has 0 aromatic heterocycles. The number of rotatable bonds is 2. The number of alkyl halides is 1. The first kappa shape index (κ1) is 8.06. The molecule has 1 saturated carbocycles. The Morgan fingerprint density at radius 1 is 1.33 bits per heavy atom. The Balaban J connectivity index is 2.10. The molecule has 1 atom stereocenters. The van der Waals surface area contributed by atoms with Crippen molar-refractivity contribution in [2.75, 3.05) is 5.33 Å². The van der Waals surface area contributed by atoms with Crippen LogP contribution in [0.4, 0.5) is 0 Å². The molecular formula is C11H11Br. The smallest absolute Gasteiger partial charge is 0.0100 e. The predicted octanol–water partition coefficient (Wildman–Crippen LogP) is 3.48. The lowest BCUT2D eigenvalue weighted by Crippen LogP contribution is -1.72. The highest BCUT2D eigenvalue weighted by atomic mass is 79.9. The first-order valence-corrected chi connectivity index (χ1v) is 5.34. The topological polar surface area (TPSA) is 0 Å². The van der Waals surface area contributed by atoms with Gasteiger partial charge < -0.3 is 0 Å². The van der Waals surface area contributed by atoms with Crippen LogP contribution in [-0.4, -0.2) is 5.33 Å². The molecule has 1 aliphatic rings. The van der Waals surface area contributed by atoms with Gasteiger partial charge in [-0.05, 0) is 17.9 Å². The maximum atomic E-state index is 3.49. The molecule has 1 aromatic carbocycles. The molecule has 1 fully saturated rings. The molecule has 0 spiro atoms. The molecule has 62 valence electrons. The van der Waals surface area contributed by atoms with E-state index in [9.17, 15) is 0 Å². The quantitative estimate of drug-likeness (QED) is 0.673. The number of allylic oxidation sites excluding steroid dienone is 1. The average Bonchev–Trinajstić information content (AvgIpc) is 2.85. The zero-order valence-corrected chi connectivity index (χ0v) is 8.42. The molecule has 1 unspecified atom stereocenters. The normalized spacial score (nSPS) is 24.4. The number of benzene rings is 1. The van der Waals surface area contributed by atoms with Crippen molar-refractivity contribution in [3.8, 4) is 0 Å². The van der Waals surface area contributed by atoms with Crippen molar-refractivity contribution in [1.29, 1.82) is 0 Å². The van der Waals surface area contributed by atoms with Gasteiger partial charge in [0.05, 0.1) is 0 Å². The largest absolute Gasteiger partial charge is 0.0921 e. The van der Waals surface area contributed by atoms with Crippen LogP contribution in [0.25, 0.3) is 6.08 Å². The first-order chi connectivity index (χ1) is 5.90. The van der Waals surface area contributed by atoms with Crippen molar-refractivity contribution < 1.29 is 0 Å². The Morgan fingerprint density at radius 2 is 2.08 bits per heavy atom. The summed E-state index contributed by atoms with van der Waals surface area (Å²) >= 11 is 3.49. The van der Waals surface area contributed by atoms with Crippen molar-refractivity contribution in [3.63, 3.8) is 0 Å². The molecule has 0 radical (unpaired) electrons. The summed E-state index contributed by atoms with van der Waals surface area (Å²) in [5, 5.41) is 1.12. The van der Waals surface area contributed by atoms with Gasteiger partial charge in [0.2, 0.25) is 0 Å². The van der Waals surface area contributed by atoms with Gasteiger partial charge in [-0.3, -0.25) is 0 Å². The van der Waals surface area contributed by atoms with Gasteiger partial charge in [-0.15, -0.1) is 0 Å². The maximum absolute atomic E-state index is 3.49. The van der Waals surface area contributed by atoms with Gasteiger partial charge in [-0.25, -0.2) is 0 Å². The van der Waals surface area contributed by atoms with Crippen molar-refractivity contribution in [3.05, 3.63) is 41.5 Å². The second-order valence-corrected chi connectivity index (χ2v) is 3.83. The summed E-state index contributed by atoms with van der Waals surface area (Å²) in [6.07, 6.45) is 3.58. The Kier molecular flexibility index (Phi) is 2.31. The zero-order valence-electron chi connectivity index (χ0n) is 6.83. The van der Waals surface area contributed by atoms with Gasteiger partial charge in [0, 0.05) is 5.33 Å². The molecule has 0 heterocycles. The highest BCUT2D eigenvalue weighted by Crippen LogP contribution is 2.40. The van der Waals surface area contributed by atoms with E-state index in [1.807, 2.05) is 0 Å². The number of hydrogen-bond acceptors (Lipinski definition) is 0. The molecule has 0 saturated heterocycles. The Bertz CT molecular complexity index is 287. The highest BCUT2D eigenvalue weighted by molar-refractivity contribution is 9.09. The summed E-state index contributed by atoms with van der Waals surface area (Å²) in [7, 11) is 0. The number of hydrogen-bond donors (Lipinski definition) is 0. The molecule has 0 N–H and O–H groups in total. The Morgan fingerprint density at radius 3 is 2.67 bits per heavy atom. The highest BCUT2D eigenvalue weighted by Gasteiger charge is 2.27. The summed E-state index contributed by atoms with van der Waals surface area (Å²) in [5.41, 5.74) is 2.91. The molecule has 2 rings (SSSR count). The summed E-state index contributed by atoms with van der Waals surface area (Å²) < 4.78 is 0. The minimum atomic E-state index is 0.810.